The molecule has 4 heteroatoms. The Kier molecular flexibility index (Phi) is 3.56. The zero-order valence-electron chi connectivity index (χ0n) is 8.53. The highest BCUT2D eigenvalue weighted by atomic mass is 16.4. The molecule has 1 aromatic rings. The molecule has 1 heterocycles. The highest BCUT2D eigenvalue weighted by Crippen LogP contribution is 2.13. The lowest BCUT2D eigenvalue weighted by Crippen LogP contribution is -2.29. The summed E-state index contributed by atoms with van der Waals surface area (Å²) in [6, 6.07) is 1.93. The maximum Gasteiger partial charge on any atom is 0.308 e. The van der Waals surface area contributed by atoms with Gasteiger partial charge in [-0.05, 0) is 12.5 Å². The first kappa shape index (κ1) is 10.6. The highest BCUT2D eigenvalue weighted by Gasteiger charge is 2.17. The Hall–Kier alpha value is -1.45. The maximum atomic E-state index is 10.8. The summed E-state index contributed by atoms with van der Waals surface area (Å²) in [5.74, 6) is -1.02. The van der Waals surface area contributed by atoms with E-state index in [4.69, 9.17) is 5.11 Å². The van der Waals surface area contributed by atoms with Crippen molar-refractivity contribution in [3.05, 3.63) is 18.5 Å². The second kappa shape index (κ2) is 4.69. The van der Waals surface area contributed by atoms with Crippen molar-refractivity contribution in [3.63, 3.8) is 0 Å². The molecule has 78 valence electrons. The fourth-order valence-electron chi connectivity index (χ4n) is 1.37. The number of aromatic amines is 1. The second-order valence-electron chi connectivity index (χ2n) is 3.39. The molecule has 0 aromatic carbocycles. The molecular weight excluding hydrogens is 180 g/mol. The van der Waals surface area contributed by atoms with Crippen LogP contribution in [-0.4, -0.2) is 29.7 Å². The number of nitrogens with one attached hydrogen (secondary N) is 1. The van der Waals surface area contributed by atoms with Crippen molar-refractivity contribution in [2.45, 2.75) is 13.3 Å². The fourth-order valence-corrected chi connectivity index (χ4v) is 1.37. The summed E-state index contributed by atoms with van der Waals surface area (Å²) in [4.78, 5) is 15.7. The number of carboxylic acids is 1. The zero-order chi connectivity index (χ0) is 10.6. The first-order chi connectivity index (χ1) is 6.65. The van der Waals surface area contributed by atoms with Crippen molar-refractivity contribution >= 4 is 11.7 Å². The van der Waals surface area contributed by atoms with E-state index in [2.05, 4.69) is 4.98 Å². The van der Waals surface area contributed by atoms with Gasteiger partial charge in [0.05, 0.1) is 11.6 Å². The quantitative estimate of drug-likeness (QED) is 0.751. The van der Waals surface area contributed by atoms with Crippen LogP contribution in [0.5, 0.6) is 0 Å². The Bertz CT molecular complexity index is 282. The lowest BCUT2D eigenvalue weighted by atomic mass is 10.1. The first-order valence-corrected chi connectivity index (χ1v) is 4.72. The number of rotatable bonds is 5. The Morgan fingerprint density at radius 1 is 1.71 bits per heavy atom. The number of nitrogens with zero attached hydrogens (tertiary/aromatic N) is 1. The molecule has 0 aliphatic heterocycles. The van der Waals surface area contributed by atoms with Gasteiger partial charge in [0.25, 0.3) is 0 Å². The van der Waals surface area contributed by atoms with E-state index in [1.54, 1.807) is 0 Å². The molecule has 1 rings (SSSR count). The summed E-state index contributed by atoms with van der Waals surface area (Å²) in [5.41, 5.74) is 1.02. The summed E-state index contributed by atoms with van der Waals surface area (Å²) in [6.45, 7) is 2.44. The Morgan fingerprint density at radius 3 is 2.86 bits per heavy atom. The standard InChI is InChI=1S/C10H16N2O2/c1-3-8(10(13)14)7-12(2)9-4-5-11-6-9/h4-6,8,11H,3,7H2,1-2H3,(H,13,14). The van der Waals surface area contributed by atoms with Gasteiger partial charge in [-0.15, -0.1) is 0 Å². The van der Waals surface area contributed by atoms with E-state index < -0.39 is 5.97 Å². The first-order valence-electron chi connectivity index (χ1n) is 4.72. The lowest BCUT2D eigenvalue weighted by molar-refractivity contribution is -0.141. The van der Waals surface area contributed by atoms with Gasteiger partial charge in [0.2, 0.25) is 0 Å². The minimum Gasteiger partial charge on any atom is -0.481 e. The maximum absolute atomic E-state index is 10.8. The molecule has 1 unspecified atom stereocenters. The number of H-pyrrole nitrogens is 1. The van der Waals surface area contributed by atoms with Crippen molar-refractivity contribution < 1.29 is 9.90 Å². The molecule has 14 heavy (non-hydrogen) atoms. The van der Waals surface area contributed by atoms with E-state index in [0.29, 0.717) is 13.0 Å². The van der Waals surface area contributed by atoms with Crippen LogP contribution in [0.15, 0.2) is 18.5 Å². The van der Waals surface area contributed by atoms with Crippen LogP contribution >= 0.6 is 0 Å². The van der Waals surface area contributed by atoms with Crippen LogP contribution in [0.1, 0.15) is 13.3 Å². The van der Waals surface area contributed by atoms with Gasteiger partial charge >= 0.3 is 5.97 Å². The monoisotopic (exact) mass is 196 g/mol. The summed E-state index contributed by atoms with van der Waals surface area (Å²) in [5, 5.41) is 8.89. The van der Waals surface area contributed by atoms with Crippen molar-refractivity contribution in [1.29, 1.82) is 0 Å². The van der Waals surface area contributed by atoms with Crippen LogP contribution in [0, 0.1) is 5.92 Å². The van der Waals surface area contributed by atoms with Crippen LogP contribution in [0.4, 0.5) is 5.69 Å². The average molecular weight is 196 g/mol. The summed E-state index contributed by atoms with van der Waals surface area (Å²) < 4.78 is 0. The minimum absolute atomic E-state index is 0.296. The van der Waals surface area contributed by atoms with Crippen molar-refractivity contribution in [1.82, 2.24) is 4.98 Å². The van der Waals surface area contributed by atoms with Gasteiger partial charge < -0.3 is 15.0 Å². The van der Waals surface area contributed by atoms with E-state index in [1.165, 1.54) is 0 Å². The number of carboxylic acid groups (broad SMARTS) is 1. The van der Waals surface area contributed by atoms with E-state index in [-0.39, 0.29) is 5.92 Å². The van der Waals surface area contributed by atoms with E-state index in [0.717, 1.165) is 5.69 Å². The minimum atomic E-state index is -0.727. The number of anilines is 1. The van der Waals surface area contributed by atoms with Crippen molar-refractivity contribution in [3.8, 4) is 0 Å². The topological polar surface area (TPSA) is 56.3 Å². The van der Waals surface area contributed by atoms with Gasteiger partial charge in [-0.2, -0.15) is 0 Å². The molecule has 0 radical (unpaired) electrons. The largest absolute Gasteiger partial charge is 0.481 e. The number of carbonyl (C=O) groups is 1. The van der Waals surface area contributed by atoms with Crippen LogP contribution in [-0.2, 0) is 4.79 Å². The molecule has 0 spiro atoms. The van der Waals surface area contributed by atoms with Crippen LogP contribution in [0.2, 0.25) is 0 Å². The van der Waals surface area contributed by atoms with Gasteiger partial charge in [-0.3, -0.25) is 4.79 Å². The van der Waals surface area contributed by atoms with Crippen LogP contribution in [0.3, 0.4) is 0 Å². The normalized spacial score (nSPS) is 12.4. The molecular formula is C10H16N2O2. The zero-order valence-corrected chi connectivity index (χ0v) is 8.53. The molecule has 1 atom stereocenters. The highest BCUT2D eigenvalue weighted by molar-refractivity contribution is 5.70. The van der Waals surface area contributed by atoms with Crippen molar-refractivity contribution in [2.75, 3.05) is 18.5 Å². The molecule has 2 N–H and O–H groups in total. The second-order valence-corrected chi connectivity index (χ2v) is 3.39. The molecule has 0 bridgehead atoms. The molecule has 0 aliphatic carbocycles. The third-order valence-electron chi connectivity index (χ3n) is 2.36. The van der Waals surface area contributed by atoms with Gasteiger partial charge in [-0.1, -0.05) is 6.92 Å². The number of hydrogen-bond donors (Lipinski definition) is 2. The molecule has 0 saturated carbocycles. The van der Waals surface area contributed by atoms with Crippen LogP contribution < -0.4 is 4.90 Å². The van der Waals surface area contributed by atoms with Crippen molar-refractivity contribution in [2.24, 2.45) is 5.92 Å². The SMILES string of the molecule is CCC(CN(C)c1cc[nH]c1)C(=O)O. The predicted octanol–water partition coefficient (Wildman–Crippen LogP) is 1.56. The number of aliphatic carboxylic acids is 1. The molecule has 0 fully saturated rings. The average Bonchev–Trinajstić information content (AvgIpc) is 2.65. The number of hydrogen-bond acceptors (Lipinski definition) is 2. The Labute approximate surface area is 83.5 Å². The van der Waals surface area contributed by atoms with E-state index in [1.807, 2.05) is 37.3 Å². The van der Waals surface area contributed by atoms with Gasteiger partial charge in [0.1, 0.15) is 0 Å². The molecule has 0 amide bonds. The molecule has 0 aliphatic rings. The Balaban J connectivity index is 2.55. The van der Waals surface area contributed by atoms with Crippen LogP contribution in [0.25, 0.3) is 0 Å². The molecule has 4 nitrogen and oxygen atoms in total. The number of aromatic nitrogens is 1. The third kappa shape index (κ3) is 2.52. The smallest absolute Gasteiger partial charge is 0.308 e. The van der Waals surface area contributed by atoms with Gasteiger partial charge in [0.15, 0.2) is 0 Å². The fraction of sp³-hybridized carbons (Fsp3) is 0.500. The Morgan fingerprint density at radius 2 is 2.43 bits per heavy atom. The molecule has 0 saturated heterocycles. The predicted molar refractivity (Wildman–Crippen MR) is 55.5 cm³/mol. The van der Waals surface area contributed by atoms with E-state index in [9.17, 15) is 4.79 Å². The lowest BCUT2D eigenvalue weighted by Gasteiger charge is -2.21. The van der Waals surface area contributed by atoms with Gasteiger partial charge in [-0.25, -0.2) is 0 Å². The summed E-state index contributed by atoms with van der Waals surface area (Å²) in [7, 11) is 1.90. The summed E-state index contributed by atoms with van der Waals surface area (Å²) >= 11 is 0. The molecule has 1 aromatic heterocycles. The third-order valence-corrected chi connectivity index (χ3v) is 2.36. The van der Waals surface area contributed by atoms with E-state index >= 15 is 0 Å². The van der Waals surface area contributed by atoms with Gasteiger partial charge in [0, 0.05) is 26.0 Å². The summed E-state index contributed by atoms with van der Waals surface area (Å²) in [6.07, 6.45) is 4.34.